The number of ether oxygens (including phenoxy) is 1. The molecule has 4 nitrogen and oxygen atoms in total. The molecule has 13 heavy (non-hydrogen) atoms. The van der Waals surface area contributed by atoms with Crippen LogP contribution in [-0.4, -0.2) is 23.2 Å². The van der Waals surface area contributed by atoms with Crippen molar-refractivity contribution in [3.8, 4) is 0 Å². The Morgan fingerprint density at radius 3 is 3.00 bits per heavy atom. The van der Waals surface area contributed by atoms with Crippen LogP contribution in [0.1, 0.15) is 18.1 Å². The molecule has 1 aromatic heterocycles. The van der Waals surface area contributed by atoms with Crippen molar-refractivity contribution in [2.75, 3.05) is 7.11 Å². The summed E-state index contributed by atoms with van der Waals surface area (Å²) in [6.07, 6.45) is 2.79. The molecule has 1 N–H and O–H groups in total. The molecule has 4 heteroatoms. The molecule has 0 aliphatic heterocycles. The minimum atomic E-state index is -0.879. The number of carboxylic acid groups (broad SMARTS) is 1. The number of hydrogen-bond donors (Lipinski definition) is 1. The van der Waals surface area contributed by atoms with Gasteiger partial charge in [0.25, 0.3) is 0 Å². The largest absolute Gasteiger partial charge is 0.481 e. The van der Waals surface area contributed by atoms with E-state index in [4.69, 9.17) is 9.84 Å². The van der Waals surface area contributed by atoms with E-state index in [1.165, 1.54) is 7.11 Å². The lowest BCUT2D eigenvalue weighted by atomic mass is 10.1. The maximum absolute atomic E-state index is 10.4. The average molecular weight is 181 g/mol. The van der Waals surface area contributed by atoms with E-state index in [0.717, 1.165) is 5.56 Å². The maximum atomic E-state index is 10.4. The molecule has 0 aromatic carbocycles. The fraction of sp³-hybridized carbons (Fsp3) is 0.333. The van der Waals surface area contributed by atoms with E-state index < -0.39 is 12.1 Å². The van der Waals surface area contributed by atoms with Gasteiger partial charge < -0.3 is 9.84 Å². The first-order valence-corrected chi connectivity index (χ1v) is 3.88. The third-order valence-electron chi connectivity index (χ3n) is 1.70. The lowest BCUT2D eigenvalue weighted by Crippen LogP contribution is -2.08. The molecule has 0 fully saturated rings. The van der Waals surface area contributed by atoms with Gasteiger partial charge in [-0.1, -0.05) is 6.07 Å². The van der Waals surface area contributed by atoms with E-state index in [9.17, 15) is 4.79 Å². The predicted octanol–water partition coefficient (Wildman–Crippen LogP) is 1.24. The van der Waals surface area contributed by atoms with Gasteiger partial charge in [-0.2, -0.15) is 0 Å². The first kappa shape index (κ1) is 9.67. The van der Waals surface area contributed by atoms with Crippen LogP contribution in [0.5, 0.6) is 0 Å². The molecule has 0 aliphatic carbocycles. The van der Waals surface area contributed by atoms with E-state index >= 15 is 0 Å². The van der Waals surface area contributed by atoms with Crippen LogP contribution in [-0.2, 0) is 9.53 Å². The molecule has 0 amide bonds. The summed E-state index contributed by atoms with van der Waals surface area (Å²) in [5, 5.41) is 8.58. The van der Waals surface area contributed by atoms with Crippen molar-refractivity contribution in [2.24, 2.45) is 0 Å². The number of pyridine rings is 1. The predicted molar refractivity (Wildman–Crippen MR) is 46.2 cm³/mol. The van der Waals surface area contributed by atoms with Gasteiger partial charge in [0, 0.05) is 19.5 Å². The number of rotatable bonds is 4. The fourth-order valence-electron chi connectivity index (χ4n) is 1.06. The number of carbonyl (C=O) groups is 1. The molecule has 0 spiro atoms. The van der Waals surface area contributed by atoms with Crippen LogP contribution in [0.4, 0.5) is 0 Å². The summed E-state index contributed by atoms with van der Waals surface area (Å²) in [5.41, 5.74) is 0.785. The van der Waals surface area contributed by atoms with Gasteiger partial charge in [-0.25, -0.2) is 0 Å². The lowest BCUT2D eigenvalue weighted by molar-refractivity contribution is -0.139. The van der Waals surface area contributed by atoms with Crippen LogP contribution in [0.2, 0.25) is 0 Å². The van der Waals surface area contributed by atoms with Crippen molar-refractivity contribution in [3.63, 3.8) is 0 Å². The molecular weight excluding hydrogens is 170 g/mol. The molecule has 0 saturated carbocycles. The van der Waals surface area contributed by atoms with Crippen molar-refractivity contribution in [3.05, 3.63) is 30.1 Å². The summed E-state index contributed by atoms with van der Waals surface area (Å²) in [5.74, 6) is -0.879. The van der Waals surface area contributed by atoms with Crippen LogP contribution in [0.3, 0.4) is 0 Å². The van der Waals surface area contributed by atoms with E-state index in [1.807, 2.05) is 0 Å². The molecule has 0 radical (unpaired) electrons. The fourth-order valence-corrected chi connectivity index (χ4v) is 1.06. The smallest absolute Gasteiger partial charge is 0.306 e. The summed E-state index contributed by atoms with van der Waals surface area (Å²) < 4.78 is 5.03. The normalized spacial score (nSPS) is 12.4. The zero-order valence-corrected chi connectivity index (χ0v) is 7.30. The first-order valence-electron chi connectivity index (χ1n) is 3.88. The van der Waals surface area contributed by atoms with Gasteiger partial charge in [-0.15, -0.1) is 0 Å². The van der Waals surface area contributed by atoms with Gasteiger partial charge >= 0.3 is 5.97 Å². The van der Waals surface area contributed by atoms with E-state index in [2.05, 4.69) is 4.98 Å². The molecule has 1 heterocycles. The number of aromatic nitrogens is 1. The van der Waals surface area contributed by atoms with Crippen molar-refractivity contribution in [1.29, 1.82) is 0 Å². The lowest BCUT2D eigenvalue weighted by Gasteiger charge is -2.11. The van der Waals surface area contributed by atoms with Gasteiger partial charge in [0.15, 0.2) is 0 Å². The van der Waals surface area contributed by atoms with E-state index in [-0.39, 0.29) is 6.42 Å². The average Bonchev–Trinajstić information content (AvgIpc) is 2.15. The second-order valence-corrected chi connectivity index (χ2v) is 2.61. The zero-order valence-electron chi connectivity index (χ0n) is 7.30. The van der Waals surface area contributed by atoms with Crippen molar-refractivity contribution in [2.45, 2.75) is 12.5 Å². The molecule has 1 aromatic rings. The standard InChI is InChI=1S/C9H11NO3/c1-13-8(5-9(11)12)7-3-2-4-10-6-7/h2-4,6,8H,5H2,1H3,(H,11,12). The van der Waals surface area contributed by atoms with E-state index in [1.54, 1.807) is 24.5 Å². The van der Waals surface area contributed by atoms with Crippen LogP contribution in [0.25, 0.3) is 0 Å². The highest BCUT2D eigenvalue weighted by atomic mass is 16.5. The third-order valence-corrected chi connectivity index (χ3v) is 1.70. The molecule has 1 unspecified atom stereocenters. The minimum Gasteiger partial charge on any atom is -0.481 e. The number of carboxylic acids is 1. The van der Waals surface area contributed by atoms with Crippen LogP contribution >= 0.6 is 0 Å². The van der Waals surface area contributed by atoms with Crippen molar-refractivity contribution >= 4 is 5.97 Å². The van der Waals surface area contributed by atoms with Crippen LogP contribution < -0.4 is 0 Å². The van der Waals surface area contributed by atoms with Gasteiger partial charge in [0.1, 0.15) is 0 Å². The summed E-state index contributed by atoms with van der Waals surface area (Å²) in [6, 6.07) is 3.55. The molecule has 0 saturated heterocycles. The van der Waals surface area contributed by atoms with Gasteiger partial charge in [0.2, 0.25) is 0 Å². The second-order valence-electron chi connectivity index (χ2n) is 2.61. The SMILES string of the molecule is COC(CC(=O)O)c1cccnc1. The van der Waals surface area contributed by atoms with Crippen molar-refractivity contribution in [1.82, 2.24) is 4.98 Å². The summed E-state index contributed by atoms with van der Waals surface area (Å²) in [4.78, 5) is 14.3. The van der Waals surface area contributed by atoms with Gasteiger partial charge in [0.05, 0.1) is 12.5 Å². The van der Waals surface area contributed by atoms with E-state index in [0.29, 0.717) is 0 Å². The molecule has 70 valence electrons. The molecule has 1 rings (SSSR count). The Morgan fingerprint density at radius 1 is 1.77 bits per heavy atom. The quantitative estimate of drug-likeness (QED) is 0.759. The highest BCUT2D eigenvalue weighted by Crippen LogP contribution is 2.18. The van der Waals surface area contributed by atoms with Crippen molar-refractivity contribution < 1.29 is 14.6 Å². The number of hydrogen-bond acceptors (Lipinski definition) is 3. The summed E-state index contributed by atoms with van der Waals surface area (Å²) >= 11 is 0. The molecule has 1 atom stereocenters. The summed E-state index contributed by atoms with van der Waals surface area (Å²) in [6.45, 7) is 0. The zero-order chi connectivity index (χ0) is 9.68. The highest BCUT2D eigenvalue weighted by molar-refractivity contribution is 5.67. The Morgan fingerprint density at radius 2 is 2.54 bits per heavy atom. The Balaban J connectivity index is 2.73. The van der Waals surface area contributed by atoms with Gasteiger partial charge in [-0.05, 0) is 11.6 Å². The number of nitrogens with zero attached hydrogens (tertiary/aromatic N) is 1. The Labute approximate surface area is 76.2 Å². The van der Waals surface area contributed by atoms with Gasteiger partial charge in [-0.3, -0.25) is 9.78 Å². The van der Waals surface area contributed by atoms with Crippen LogP contribution in [0.15, 0.2) is 24.5 Å². The Kier molecular flexibility index (Phi) is 3.40. The second kappa shape index (κ2) is 4.57. The molecule has 0 bridgehead atoms. The summed E-state index contributed by atoms with van der Waals surface area (Å²) in [7, 11) is 1.49. The maximum Gasteiger partial charge on any atom is 0.306 e. The Hall–Kier alpha value is -1.42. The topological polar surface area (TPSA) is 59.4 Å². The highest BCUT2D eigenvalue weighted by Gasteiger charge is 2.14. The first-order chi connectivity index (χ1) is 6.24. The van der Waals surface area contributed by atoms with Crippen LogP contribution in [0, 0.1) is 0 Å². The number of methoxy groups -OCH3 is 1. The molecule has 0 aliphatic rings. The minimum absolute atomic E-state index is 0.0395. The third kappa shape index (κ3) is 2.83. The monoisotopic (exact) mass is 181 g/mol. The number of aliphatic carboxylic acids is 1. The molecular formula is C9H11NO3. The Bertz CT molecular complexity index is 273.